The Bertz CT molecular complexity index is 625. The van der Waals surface area contributed by atoms with Crippen molar-refractivity contribution in [1.29, 1.82) is 0 Å². The molecule has 2 aliphatic rings. The van der Waals surface area contributed by atoms with E-state index in [2.05, 4.69) is 4.99 Å². The molecular formula is C13H10N2O2. The van der Waals surface area contributed by atoms with Crippen molar-refractivity contribution < 1.29 is 4.92 Å². The van der Waals surface area contributed by atoms with E-state index in [1.807, 2.05) is 18.2 Å². The normalized spacial score (nSPS) is 16.1. The maximum atomic E-state index is 10.9. The van der Waals surface area contributed by atoms with E-state index in [1.54, 1.807) is 13.0 Å². The molecule has 1 aliphatic heterocycles. The number of aliphatic imine (C=N–C) groups is 1. The molecule has 1 aromatic rings. The molecule has 4 nitrogen and oxygen atoms in total. The van der Waals surface area contributed by atoms with Crippen LogP contribution in [0, 0.1) is 17.0 Å². The summed E-state index contributed by atoms with van der Waals surface area (Å²) in [5, 5.41) is 10.9. The Morgan fingerprint density at radius 3 is 3.00 bits per heavy atom. The first-order valence-corrected chi connectivity index (χ1v) is 5.41. The predicted molar refractivity (Wildman–Crippen MR) is 66.7 cm³/mol. The van der Waals surface area contributed by atoms with Crippen molar-refractivity contribution in [3.05, 3.63) is 51.6 Å². The molecule has 1 aromatic carbocycles. The maximum Gasteiger partial charge on any atom is 0.273 e. The summed E-state index contributed by atoms with van der Waals surface area (Å²) in [6.45, 7) is 1.79. The molecular weight excluding hydrogens is 216 g/mol. The number of nitrogens with zero attached hydrogens (tertiary/aromatic N) is 2. The smallest absolute Gasteiger partial charge is 0.258 e. The van der Waals surface area contributed by atoms with E-state index >= 15 is 0 Å². The molecule has 4 heteroatoms. The third-order valence-corrected chi connectivity index (χ3v) is 3.16. The second-order valence-corrected chi connectivity index (χ2v) is 4.13. The van der Waals surface area contributed by atoms with Crippen LogP contribution in [0.4, 0.5) is 11.4 Å². The minimum atomic E-state index is -0.340. The zero-order valence-corrected chi connectivity index (χ0v) is 9.30. The fraction of sp³-hybridized carbons (Fsp3) is 0.154. The van der Waals surface area contributed by atoms with Gasteiger partial charge in [-0.15, -0.1) is 0 Å². The summed E-state index contributed by atoms with van der Waals surface area (Å²) >= 11 is 0. The van der Waals surface area contributed by atoms with Crippen molar-refractivity contribution >= 4 is 22.7 Å². The fourth-order valence-electron chi connectivity index (χ4n) is 2.35. The van der Waals surface area contributed by atoms with Crippen LogP contribution in [0.5, 0.6) is 0 Å². The number of hydrogen-bond acceptors (Lipinski definition) is 3. The minimum Gasteiger partial charge on any atom is -0.258 e. The van der Waals surface area contributed by atoms with Crippen LogP contribution in [0.3, 0.4) is 0 Å². The number of hydrogen-bond donors (Lipinski definition) is 0. The van der Waals surface area contributed by atoms with Gasteiger partial charge in [0.05, 0.1) is 16.3 Å². The van der Waals surface area contributed by atoms with Crippen LogP contribution < -0.4 is 0 Å². The number of benzene rings is 1. The Kier molecular flexibility index (Phi) is 1.98. The summed E-state index contributed by atoms with van der Waals surface area (Å²) in [5.41, 5.74) is 4.66. The second kappa shape index (κ2) is 3.38. The van der Waals surface area contributed by atoms with Crippen molar-refractivity contribution in [2.24, 2.45) is 4.99 Å². The van der Waals surface area contributed by atoms with Gasteiger partial charge in [-0.2, -0.15) is 0 Å². The van der Waals surface area contributed by atoms with Gasteiger partial charge in [0, 0.05) is 29.2 Å². The Morgan fingerprint density at radius 1 is 1.41 bits per heavy atom. The van der Waals surface area contributed by atoms with Crippen molar-refractivity contribution in [2.45, 2.75) is 13.3 Å². The zero-order valence-electron chi connectivity index (χ0n) is 9.30. The lowest BCUT2D eigenvalue weighted by atomic mass is 9.93. The Hall–Kier alpha value is -2.23. The first-order valence-electron chi connectivity index (χ1n) is 5.41. The SMILES string of the molecule is Cc1c([N+](=O)[O-])ccc2c1C1=CC=CCC1=N2. The maximum absolute atomic E-state index is 10.9. The summed E-state index contributed by atoms with van der Waals surface area (Å²) < 4.78 is 0. The van der Waals surface area contributed by atoms with Gasteiger partial charge in [-0.3, -0.25) is 15.1 Å². The van der Waals surface area contributed by atoms with Crippen molar-refractivity contribution in [1.82, 2.24) is 0 Å². The van der Waals surface area contributed by atoms with Gasteiger partial charge in [0.25, 0.3) is 5.69 Å². The van der Waals surface area contributed by atoms with Crippen LogP contribution in [-0.4, -0.2) is 10.6 Å². The van der Waals surface area contributed by atoms with Gasteiger partial charge in [-0.25, -0.2) is 0 Å². The summed E-state index contributed by atoms with van der Waals surface area (Å²) in [6, 6.07) is 3.26. The summed E-state index contributed by atoms with van der Waals surface area (Å²) in [4.78, 5) is 15.1. The molecule has 0 bridgehead atoms. The number of rotatable bonds is 1. The largest absolute Gasteiger partial charge is 0.273 e. The topological polar surface area (TPSA) is 55.5 Å². The van der Waals surface area contributed by atoms with Crippen molar-refractivity contribution in [3.8, 4) is 0 Å². The lowest BCUT2D eigenvalue weighted by Gasteiger charge is -2.08. The van der Waals surface area contributed by atoms with E-state index < -0.39 is 0 Å². The summed E-state index contributed by atoms with van der Waals surface area (Å²) in [5.74, 6) is 0. The van der Waals surface area contributed by atoms with Gasteiger partial charge in [0.1, 0.15) is 0 Å². The van der Waals surface area contributed by atoms with Gasteiger partial charge in [-0.05, 0) is 13.0 Å². The molecule has 84 valence electrons. The molecule has 17 heavy (non-hydrogen) atoms. The molecule has 0 N–H and O–H groups in total. The van der Waals surface area contributed by atoms with E-state index in [-0.39, 0.29) is 10.6 Å². The molecule has 0 radical (unpaired) electrons. The first-order chi connectivity index (χ1) is 8.18. The van der Waals surface area contributed by atoms with Gasteiger partial charge in [0.15, 0.2) is 0 Å². The monoisotopic (exact) mass is 226 g/mol. The van der Waals surface area contributed by atoms with Crippen LogP contribution in [-0.2, 0) is 0 Å². The van der Waals surface area contributed by atoms with Crippen molar-refractivity contribution in [3.63, 3.8) is 0 Å². The zero-order chi connectivity index (χ0) is 12.0. The molecule has 0 fully saturated rings. The molecule has 0 spiro atoms. The molecule has 1 heterocycles. The van der Waals surface area contributed by atoms with Gasteiger partial charge < -0.3 is 0 Å². The number of nitro groups is 1. The third-order valence-electron chi connectivity index (χ3n) is 3.16. The number of nitro benzene ring substituents is 1. The second-order valence-electron chi connectivity index (χ2n) is 4.13. The van der Waals surface area contributed by atoms with Gasteiger partial charge in [-0.1, -0.05) is 18.2 Å². The lowest BCUT2D eigenvalue weighted by molar-refractivity contribution is -0.385. The number of fused-ring (bicyclic) bond motifs is 3. The molecule has 0 atom stereocenters. The van der Waals surface area contributed by atoms with Crippen LogP contribution in [0.15, 0.2) is 35.4 Å². The Balaban J connectivity index is 2.26. The highest BCUT2D eigenvalue weighted by molar-refractivity contribution is 6.30. The van der Waals surface area contributed by atoms with E-state index in [0.717, 1.165) is 29.0 Å². The highest BCUT2D eigenvalue weighted by atomic mass is 16.6. The highest BCUT2D eigenvalue weighted by Gasteiger charge is 2.26. The average molecular weight is 226 g/mol. The summed E-state index contributed by atoms with van der Waals surface area (Å²) in [7, 11) is 0. The van der Waals surface area contributed by atoms with Crippen LogP contribution in [0.25, 0.3) is 5.57 Å². The molecule has 0 saturated heterocycles. The lowest BCUT2D eigenvalue weighted by Crippen LogP contribution is -2.01. The van der Waals surface area contributed by atoms with E-state index in [4.69, 9.17) is 0 Å². The van der Waals surface area contributed by atoms with Crippen LogP contribution in [0.2, 0.25) is 0 Å². The minimum absolute atomic E-state index is 0.163. The summed E-state index contributed by atoms with van der Waals surface area (Å²) in [6.07, 6.45) is 6.79. The first kappa shape index (κ1) is 9.96. The molecule has 0 amide bonds. The predicted octanol–water partition coefficient (Wildman–Crippen LogP) is 3.33. The molecule has 0 saturated carbocycles. The van der Waals surface area contributed by atoms with E-state index in [1.165, 1.54) is 6.07 Å². The van der Waals surface area contributed by atoms with E-state index in [0.29, 0.717) is 5.56 Å². The third kappa shape index (κ3) is 1.34. The standard InChI is InChI=1S/C13H10N2O2/c1-8-12(15(16)17)7-6-11-13(8)9-4-2-3-5-10(9)14-11/h2-4,6-7H,5H2,1H3. The Morgan fingerprint density at radius 2 is 2.24 bits per heavy atom. The van der Waals surface area contributed by atoms with Crippen LogP contribution >= 0.6 is 0 Å². The Labute approximate surface area is 98.1 Å². The van der Waals surface area contributed by atoms with Crippen molar-refractivity contribution in [2.75, 3.05) is 0 Å². The van der Waals surface area contributed by atoms with Gasteiger partial charge in [0.2, 0.25) is 0 Å². The molecule has 3 rings (SSSR count). The quantitative estimate of drug-likeness (QED) is 0.544. The fourth-order valence-corrected chi connectivity index (χ4v) is 2.35. The number of allylic oxidation sites excluding steroid dienone is 4. The molecule has 0 aromatic heterocycles. The van der Waals surface area contributed by atoms with E-state index in [9.17, 15) is 10.1 Å². The molecule has 1 aliphatic carbocycles. The molecule has 0 unspecified atom stereocenters. The average Bonchev–Trinajstić information content (AvgIpc) is 2.67. The highest BCUT2D eigenvalue weighted by Crippen LogP contribution is 2.42. The van der Waals surface area contributed by atoms with Crippen LogP contribution in [0.1, 0.15) is 17.5 Å². The van der Waals surface area contributed by atoms with Gasteiger partial charge >= 0.3 is 0 Å².